The first-order valence-corrected chi connectivity index (χ1v) is 7.38. The molecular weight excluding hydrogens is 537 g/mol. The summed E-state index contributed by atoms with van der Waals surface area (Å²) in [5.74, 6) is 0. The molecule has 74 valence electrons. The minimum Gasteiger partial charge on any atom is -0.0875 e. The summed E-state index contributed by atoms with van der Waals surface area (Å²) < 4.78 is 0.111. The molecule has 0 aromatic rings. The average Bonchev–Trinajstić information content (AvgIpc) is 1.93. The summed E-state index contributed by atoms with van der Waals surface area (Å²) in [5, 5.41) is 0. The Kier molecular flexibility index (Phi) is 7.13. The van der Waals surface area contributed by atoms with Crippen LogP contribution in [0.15, 0.2) is 0 Å². The molecule has 0 amide bonds. The summed E-state index contributed by atoms with van der Waals surface area (Å²) in [6, 6.07) is 0. The van der Waals surface area contributed by atoms with Crippen LogP contribution in [0.25, 0.3) is 0 Å². The summed E-state index contributed by atoms with van der Waals surface area (Å²) in [6.45, 7) is 2.15. The predicted molar refractivity (Wildman–Crippen MR) is 74.9 cm³/mol. The van der Waals surface area contributed by atoms with Gasteiger partial charge in [0, 0.05) is 4.83 Å². The van der Waals surface area contributed by atoms with E-state index in [2.05, 4.69) is 70.6 Å². The van der Waals surface area contributed by atoms with Gasteiger partial charge in [-0.3, -0.25) is 0 Å². The van der Waals surface area contributed by atoms with Crippen LogP contribution in [0.3, 0.4) is 0 Å². The molecule has 0 aliphatic heterocycles. The van der Waals surface area contributed by atoms with Crippen molar-refractivity contribution in [2.75, 3.05) is 0 Å². The van der Waals surface area contributed by atoms with Gasteiger partial charge < -0.3 is 0 Å². The monoisotopic (exact) mass is 545 g/mol. The van der Waals surface area contributed by atoms with Gasteiger partial charge in [0.25, 0.3) is 0 Å². The van der Waals surface area contributed by atoms with E-state index in [1.807, 2.05) is 0 Å². The molecule has 5 heteroatoms. The van der Waals surface area contributed by atoms with Crippen LogP contribution in [0.4, 0.5) is 0 Å². The average molecular weight is 550 g/mol. The second kappa shape index (κ2) is 5.89. The normalized spacial score (nSPS) is 35.3. The van der Waals surface area contributed by atoms with Crippen LogP contribution in [-0.2, 0) is 0 Å². The van der Waals surface area contributed by atoms with Crippen LogP contribution in [0, 0.1) is 0 Å². The van der Waals surface area contributed by atoms with E-state index in [4.69, 9.17) is 0 Å². The van der Waals surface area contributed by atoms with Gasteiger partial charge in [0.2, 0.25) is 0 Å². The van der Waals surface area contributed by atoms with E-state index in [0.29, 0.717) is 4.83 Å². The van der Waals surface area contributed by atoms with Gasteiger partial charge in [-0.25, -0.2) is 0 Å². The molecule has 0 bridgehead atoms. The molecule has 1 rings (SSSR count). The Morgan fingerprint density at radius 3 is 2.15 bits per heavy atom. The molecular formula is C8H12Br4Sb+3. The van der Waals surface area contributed by atoms with Crippen molar-refractivity contribution >= 4 is 88.1 Å². The molecule has 0 N–H and O–H groups in total. The third-order valence-corrected chi connectivity index (χ3v) is 8.55. The molecule has 0 heterocycles. The zero-order chi connectivity index (χ0) is 9.41. The smallest absolute Gasteiger partial charge is 0.0875 e. The van der Waals surface area contributed by atoms with Gasteiger partial charge in [0.05, 0.1) is 7.56 Å². The van der Waals surface area contributed by atoms with Crippen LogP contribution in [0.1, 0.15) is 32.6 Å². The molecule has 2 unspecified atom stereocenters. The molecule has 0 aromatic carbocycles. The third kappa shape index (κ3) is 3.61. The molecule has 2 atom stereocenters. The number of halogens is 4. The third-order valence-electron chi connectivity index (χ3n) is 2.47. The Bertz CT molecular complexity index is 168. The van der Waals surface area contributed by atoms with Crippen molar-refractivity contribution in [2.45, 2.75) is 45.0 Å². The van der Waals surface area contributed by atoms with Crippen LogP contribution >= 0.6 is 63.7 Å². The van der Waals surface area contributed by atoms with Crippen LogP contribution in [0.2, 0.25) is 0 Å². The van der Waals surface area contributed by atoms with E-state index in [1.54, 1.807) is 0 Å². The SMILES string of the molecule is CC(Br)(Br)C1(Br)CCCCC1Br.[Sb+3]. The summed E-state index contributed by atoms with van der Waals surface area (Å²) in [4.78, 5) is 0.544. The van der Waals surface area contributed by atoms with Gasteiger partial charge in [0.1, 0.15) is 0 Å². The topological polar surface area (TPSA) is 0 Å². The Hall–Kier alpha value is 2.74. The van der Waals surface area contributed by atoms with Crippen molar-refractivity contribution in [3.05, 3.63) is 0 Å². The maximum Gasteiger partial charge on any atom is 3.00 e. The molecule has 0 nitrogen and oxygen atoms in total. The van der Waals surface area contributed by atoms with Crippen molar-refractivity contribution in [1.82, 2.24) is 0 Å². The van der Waals surface area contributed by atoms with E-state index in [9.17, 15) is 0 Å². The van der Waals surface area contributed by atoms with E-state index < -0.39 is 0 Å². The Morgan fingerprint density at radius 1 is 1.31 bits per heavy atom. The molecule has 1 aliphatic carbocycles. The zero-order valence-electron chi connectivity index (χ0n) is 7.36. The van der Waals surface area contributed by atoms with Gasteiger partial charge in [-0.1, -0.05) is 76.6 Å². The Labute approximate surface area is 131 Å². The minimum absolute atomic E-state index is 0. The largest absolute Gasteiger partial charge is 3.00 e. The van der Waals surface area contributed by atoms with Crippen molar-refractivity contribution in [1.29, 1.82) is 0 Å². The molecule has 2 radical (unpaired) electrons. The summed E-state index contributed by atoms with van der Waals surface area (Å²) in [5.41, 5.74) is 0. The minimum atomic E-state index is -0.0262. The Morgan fingerprint density at radius 2 is 1.85 bits per heavy atom. The zero-order valence-corrected chi connectivity index (χ0v) is 16.3. The predicted octanol–water partition coefficient (Wildman–Crippen LogP) is 4.58. The molecule has 1 saturated carbocycles. The molecule has 1 fully saturated rings. The standard InChI is InChI=1S/C8H12Br4.Sb/c1-7(10,11)8(12)5-3-2-4-6(8)9;/h6H,2-5H2,1H3;/q;+3. The van der Waals surface area contributed by atoms with Crippen molar-refractivity contribution in [3.63, 3.8) is 0 Å². The van der Waals surface area contributed by atoms with Gasteiger partial charge in [-0.2, -0.15) is 0 Å². The van der Waals surface area contributed by atoms with Crippen LogP contribution in [-0.4, -0.2) is 36.8 Å². The van der Waals surface area contributed by atoms with Crippen molar-refractivity contribution in [2.24, 2.45) is 0 Å². The summed E-state index contributed by atoms with van der Waals surface area (Å²) in [7, 11) is 0. The maximum absolute atomic E-state index is 3.84. The Balaban J connectivity index is 0.00000144. The van der Waals surface area contributed by atoms with Gasteiger partial charge in [0.15, 0.2) is 0 Å². The molecule has 0 saturated heterocycles. The number of hydrogen-bond donors (Lipinski definition) is 0. The second-order valence-corrected chi connectivity index (χ2v) is 10.2. The first-order chi connectivity index (χ1) is 5.38. The number of hydrogen-bond acceptors (Lipinski definition) is 0. The fourth-order valence-electron chi connectivity index (χ4n) is 1.59. The number of rotatable bonds is 1. The van der Waals surface area contributed by atoms with Gasteiger partial charge >= 0.3 is 24.4 Å². The summed E-state index contributed by atoms with van der Waals surface area (Å²) in [6.07, 6.45) is 5.09. The van der Waals surface area contributed by atoms with Crippen LogP contribution in [0.5, 0.6) is 0 Å². The van der Waals surface area contributed by atoms with Crippen LogP contribution < -0.4 is 0 Å². The number of alkyl halides is 4. The summed E-state index contributed by atoms with van der Waals surface area (Å²) >= 11 is 14.9. The van der Waals surface area contributed by atoms with E-state index in [-0.39, 0.29) is 32.0 Å². The second-order valence-electron chi connectivity index (χ2n) is 3.46. The van der Waals surface area contributed by atoms with E-state index >= 15 is 0 Å². The fraction of sp³-hybridized carbons (Fsp3) is 1.00. The van der Waals surface area contributed by atoms with Gasteiger partial charge in [-0.15, -0.1) is 0 Å². The maximum atomic E-state index is 3.84. The van der Waals surface area contributed by atoms with Gasteiger partial charge in [-0.05, 0) is 19.8 Å². The van der Waals surface area contributed by atoms with Crippen molar-refractivity contribution < 1.29 is 0 Å². The molecule has 0 aromatic heterocycles. The van der Waals surface area contributed by atoms with E-state index in [0.717, 1.165) is 0 Å². The molecule has 1 aliphatic rings. The first kappa shape index (κ1) is 15.7. The quantitative estimate of drug-likeness (QED) is 0.332. The molecule has 13 heavy (non-hydrogen) atoms. The fourth-order valence-corrected chi connectivity index (χ4v) is 4.67. The van der Waals surface area contributed by atoms with Crippen molar-refractivity contribution in [3.8, 4) is 0 Å². The molecule has 0 spiro atoms. The van der Waals surface area contributed by atoms with E-state index in [1.165, 1.54) is 25.7 Å². The first-order valence-electron chi connectivity index (χ1n) is 4.09.